The maximum absolute atomic E-state index is 5.93. The highest BCUT2D eigenvalue weighted by Gasteiger charge is 2.12. The van der Waals surface area contributed by atoms with Crippen LogP contribution in [0.4, 0.5) is 11.5 Å². The van der Waals surface area contributed by atoms with Crippen molar-refractivity contribution in [1.82, 2.24) is 4.98 Å². The van der Waals surface area contributed by atoms with Crippen molar-refractivity contribution in [3.8, 4) is 0 Å². The van der Waals surface area contributed by atoms with E-state index in [0.717, 1.165) is 22.5 Å². The zero-order valence-electron chi connectivity index (χ0n) is 10.3. The second-order valence-electron chi connectivity index (χ2n) is 4.04. The van der Waals surface area contributed by atoms with Crippen LogP contribution >= 0.6 is 27.5 Å². The molecule has 0 unspecified atom stereocenters. The minimum Gasteiger partial charge on any atom is -0.326 e. The van der Waals surface area contributed by atoms with Gasteiger partial charge < -0.3 is 4.90 Å². The number of hydrogen-bond acceptors (Lipinski definition) is 2. The quantitative estimate of drug-likeness (QED) is 0.792. The van der Waals surface area contributed by atoms with Gasteiger partial charge in [-0.2, -0.15) is 0 Å². The van der Waals surface area contributed by atoms with Crippen molar-refractivity contribution < 1.29 is 0 Å². The molecule has 0 bridgehead atoms. The summed E-state index contributed by atoms with van der Waals surface area (Å²) in [6.45, 7) is 5.03. The Kier molecular flexibility index (Phi) is 4.25. The molecule has 0 amide bonds. The Balaban J connectivity index is 2.45. The lowest BCUT2D eigenvalue weighted by Gasteiger charge is -2.23. The van der Waals surface area contributed by atoms with Crippen LogP contribution in [0.2, 0.25) is 5.02 Å². The van der Waals surface area contributed by atoms with Crippen LogP contribution in [0.5, 0.6) is 0 Å². The van der Waals surface area contributed by atoms with Gasteiger partial charge in [-0.3, -0.25) is 0 Å². The molecule has 2 nitrogen and oxygen atoms in total. The first kappa shape index (κ1) is 13.4. The largest absolute Gasteiger partial charge is 0.326 e. The van der Waals surface area contributed by atoms with Gasteiger partial charge in [0.05, 0.1) is 9.50 Å². The summed E-state index contributed by atoms with van der Waals surface area (Å²) in [7, 11) is 0. The smallest absolute Gasteiger partial charge is 0.147 e. The fourth-order valence-electron chi connectivity index (χ4n) is 1.86. The standard InChI is InChI=1S/C14H14BrClN2/c1-3-18(12-6-4-5-10(2)7-12)14-13(15)8-11(16)9-17-14/h4-9H,3H2,1-2H3. The van der Waals surface area contributed by atoms with Crippen molar-refractivity contribution in [2.45, 2.75) is 13.8 Å². The van der Waals surface area contributed by atoms with E-state index in [2.05, 4.69) is 63.9 Å². The molecule has 0 saturated heterocycles. The monoisotopic (exact) mass is 324 g/mol. The van der Waals surface area contributed by atoms with E-state index in [1.807, 2.05) is 6.07 Å². The second kappa shape index (κ2) is 5.72. The molecule has 0 radical (unpaired) electrons. The molecule has 0 atom stereocenters. The highest BCUT2D eigenvalue weighted by Crippen LogP contribution is 2.31. The van der Waals surface area contributed by atoms with Crippen LogP contribution in [-0.2, 0) is 0 Å². The van der Waals surface area contributed by atoms with Crippen LogP contribution in [0.15, 0.2) is 41.0 Å². The van der Waals surface area contributed by atoms with Gasteiger partial charge in [0, 0.05) is 18.4 Å². The van der Waals surface area contributed by atoms with E-state index < -0.39 is 0 Å². The lowest BCUT2D eigenvalue weighted by molar-refractivity contribution is 0.983. The molecule has 1 aromatic heterocycles. The lowest BCUT2D eigenvalue weighted by atomic mass is 10.2. The molecule has 94 valence electrons. The normalized spacial score (nSPS) is 10.4. The summed E-state index contributed by atoms with van der Waals surface area (Å²) in [5.41, 5.74) is 2.36. The molecule has 0 spiro atoms. The molecule has 4 heteroatoms. The Hall–Kier alpha value is -1.06. The first-order valence-corrected chi connectivity index (χ1v) is 6.94. The summed E-state index contributed by atoms with van der Waals surface area (Å²) in [6.07, 6.45) is 1.67. The van der Waals surface area contributed by atoms with E-state index >= 15 is 0 Å². The average molecular weight is 326 g/mol. The van der Waals surface area contributed by atoms with E-state index in [9.17, 15) is 0 Å². The predicted molar refractivity (Wildman–Crippen MR) is 80.8 cm³/mol. The van der Waals surface area contributed by atoms with Crippen molar-refractivity contribution >= 4 is 39.0 Å². The van der Waals surface area contributed by atoms with Gasteiger partial charge in [0.25, 0.3) is 0 Å². The third kappa shape index (κ3) is 2.85. The number of benzene rings is 1. The summed E-state index contributed by atoms with van der Waals surface area (Å²) in [6, 6.07) is 10.2. The molecule has 0 fully saturated rings. The third-order valence-electron chi connectivity index (χ3n) is 2.67. The summed E-state index contributed by atoms with van der Waals surface area (Å²) in [5.74, 6) is 0.882. The number of pyridine rings is 1. The number of halogens is 2. The number of anilines is 2. The van der Waals surface area contributed by atoms with Gasteiger partial charge in [0.2, 0.25) is 0 Å². The van der Waals surface area contributed by atoms with E-state index in [1.165, 1.54) is 5.56 Å². The Morgan fingerprint density at radius 3 is 2.72 bits per heavy atom. The Labute approximate surface area is 121 Å². The van der Waals surface area contributed by atoms with Crippen molar-refractivity contribution in [3.63, 3.8) is 0 Å². The van der Waals surface area contributed by atoms with Crippen LogP contribution in [0.3, 0.4) is 0 Å². The third-order valence-corrected chi connectivity index (χ3v) is 3.46. The fraction of sp³-hybridized carbons (Fsp3) is 0.214. The van der Waals surface area contributed by atoms with Gasteiger partial charge >= 0.3 is 0 Å². The first-order chi connectivity index (χ1) is 8.61. The number of aromatic nitrogens is 1. The van der Waals surface area contributed by atoms with Crippen LogP contribution in [-0.4, -0.2) is 11.5 Å². The molecule has 1 aromatic carbocycles. The zero-order valence-corrected chi connectivity index (χ0v) is 12.7. The van der Waals surface area contributed by atoms with Gasteiger partial charge in [0.15, 0.2) is 0 Å². The van der Waals surface area contributed by atoms with E-state index in [4.69, 9.17) is 11.6 Å². The molecule has 2 rings (SSSR count). The number of aryl methyl sites for hydroxylation is 1. The van der Waals surface area contributed by atoms with Crippen molar-refractivity contribution in [1.29, 1.82) is 0 Å². The highest BCUT2D eigenvalue weighted by molar-refractivity contribution is 9.10. The van der Waals surface area contributed by atoms with Gasteiger partial charge in [-0.05, 0) is 53.5 Å². The predicted octanol–water partition coefficient (Wildman–Crippen LogP) is 4.96. The molecular weight excluding hydrogens is 312 g/mol. The van der Waals surface area contributed by atoms with E-state index in [0.29, 0.717) is 5.02 Å². The maximum atomic E-state index is 5.93. The molecule has 1 heterocycles. The van der Waals surface area contributed by atoms with Gasteiger partial charge in [0.1, 0.15) is 5.82 Å². The minimum absolute atomic E-state index is 0.630. The summed E-state index contributed by atoms with van der Waals surface area (Å²) >= 11 is 9.44. The van der Waals surface area contributed by atoms with Crippen LogP contribution in [0.1, 0.15) is 12.5 Å². The van der Waals surface area contributed by atoms with Gasteiger partial charge in [-0.1, -0.05) is 23.7 Å². The molecule has 0 saturated carbocycles. The Bertz CT molecular complexity index is 557. The van der Waals surface area contributed by atoms with Gasteiger partial charge in [-0.25, -0.2) is 4.98 Å². The first-order valence-electron chi connectivity index (χ1n) is 5.77. The molecule has 0 N–H and O–H groups in total. The minimum atomic E-state index is 0.630. The number of rotatable bonds is 3. The summed E-state index contributed by atoms with van der Waals surface area (Å²) in [5, 5.41) is 0.630. The van der Waals surface area contributed by atoms with Crippen LogP contribution in [0, 0.1) is 6.92 Å². The molecular formula is C14H14BrClN2. The molecule has 2 aromatic rings. The molecule has 0 aliphatic rings. The number of hydrogen-bond donors (Lipinski definition) is 0. The maximum Gasteiger partial charge on any atom is 0.147 e. The van der Waals surface area contributed by atoms with Crippen molar-refractivity contribution in [3.05, 3.63) is 51.6 Å². The molecule has 0 aliphatic heterocycles. The topological polar surface area (TPSA) is 16.1 Å². The molecule has 0 aliphatic carbocycles. The number of nitrogens with zero attached hydrogens (tertiary/aromatic N) is 2. The van der Waals surface area contributed by atoms with E-state index in [1.54, 1.807) is 6.20 Å². The zero-order chi connectivity index (χ0) is 13.1. The second-order valence-corrected chi connectivity index (χ2v) is 5.33. The fourth-order valence-corrected chi connectivity index (χ4v) is 2.71. The van der Waals surface area contributed by atoms with Crippen molar-refractivity contribution in [2.75, 3.05) is 11.4 Å². The Morgan fingerprint density at radius 2 is 2.11 bits per heavy atom. The highest BCUT2D eigenvalue weighted by atomic mass is 79.9. The summed E-state index contributed by atoms with van der Waals surface area (Å²) in [4.78, 5) is 6.55. The van der Waals surface area contributed by atoms with Gasteiger partial charge in [-0.15, -0.1) is 0 Å². The summed E-state index contributed by atoms with van der Waals surface area (Å²) < 4.78 is 0.901. The van der Waals surface area contributed by atoms with Crippen molar-refractivity contribution in [2.24, 2.45) is 0 Å². The lowest BCUT2D eigenvalue weighted by Crippen LogP contribution is -2.17. The molecule has 18 heavy (non-hydrogen) atoms. The van der Waals surface area contributed by atoms with Crippen LogP contribution in [0.25, 0.3) is 0 Å². The Morgan fingerprint density at radius 1 is 1.33 bits per heavy atom. The average Bonchev–Trinajstić information content (AvgIpc) is 2.33. The van der Waals surface area contributed by atoms with E-state index in [-0.39, 0.29) is 0 Å². The van der Waals surface area contributed by atoms with Crippen LogP contribution < -0.4 is 4.90 Å². The SMILES string of the molecule is CCN(c1cccc(C)c1)c1ncc(Cl)cc1Br.